The summed E-state index contributed by atoms with van der Waals surface area (Å²) in [6.07, 6.45) is 0.314. The molecule has 5 nitrogen and oxygen atoms in total. The summed E-state index contributed by atoms with van der Waals surface area (Å²) in [6.45, 7) is 3.33. The molecule has 0 aliphatic carbocycles. The van der Waals surface area contributed by atoms with Gasteiger partial charge in [0.2, 0.25) is 0 Å². The second-order valence-electron chi connectivity index (χ2n) is 4.41. The Bertz CT molecular complexity index is 442. The van der Waals surface area contributed by atoms with Crippen LogP contribution in [-0.4, -0.2) is 45.7 Å². The highest BCUT2D eigenvalue weighted by molar-refractivity contribution is 5.94. The van der Waals surface area contributed by atoms with Gasteiger partial charge in [0.05, 0.1) is 20.1 Å². The minimum absolute atomic E-state index is 0.0366. The first-order valence-corrected chi connectivity index (χ1v) is 6.50. The quantitative estimate of drug-likeness (QED) is 0.537. The zero-order valence-electron chi connectivity index (χ0n) is 12.2. The number of esters is 1. The lowest BCUT2D eigenvalue weighted by atomic mass is 10.1. The minimum atomic E-state index is -0.243. The highest BCUT2D eigenvalue weighted by Crippen LogP contribution is 2.16. The molecule has 0 saturated heterocycles. The number of carbonyl (C=O) groups excluding carboxylic acids is 2. The van der Waals surface area contributed by atoms with Crippen molar-refractivity contribution >= 4 is 17.4 Å². The normalized spacial score (nSPS) is 10.2. The van der Waals surface area contributed by atoms with Crippen molar-refractivity contribution in [3.05, 3.63) is 29.8 Å². The lowest BCUT2D eigenvalue weighted by Gasteiger charge is -2.24. The number of ketones is 1. The third-order valence-electron chi connectivity index (χ3n) is 3.02. The summed E-state index contributed by atoms with van der Waals surface area (Å²) in [5.74, 6) is -0.206. The Labute approximate surface area is 119 Å². The Hall–Kier alpha value is -1.88. The molecule has 0 fully saturated rings. The Morgan fingerprint density at radius 1 is 1.10 bits per heavy atom. The van der Waals surface area contributed by atoms with Gasteiger partial charge < -0.3 is 14.4 Å². The highest BCUT2D eigenvalue weighted by atomic mass is 16.5. The van der Waals surface area contributed by atoms with E-state index in [0.717, 1.165) is 5.69 Å². The molecule has 20 heavy (non-hydrogen) atoms. The SMILES string of the molecule is COCCN(CCC(=O)OC)c1ccc(C(C)=O)cc1. The van der Waals surface area contributed by atoms with Crippen LogP contribution in [0.2, 0.25) is 0 Å². The lowest BCUT2D eigenvalue weighted by Crippen LogP contribution is -2.29. The van der Waals surface area contributed by atoms with E-state index in [2.05, 4.69) is 4.74 Å². The number of carbonyl (C=O) groups is 2. The van der Waals surface area contributed by atoms with Crippen LogP contribution >= 0.6 is 0 Å². The maximum absolute atomic E-state index is 11.3. The van der Waals surface area contributed by atoms with Gasteiger partial charge in [-0.1, -0.05) is 0 Å². The van der Waals surface area contributed by atoms with Gasteiger partial charge in [-0.25, -0.2) is 0 Å². The maximum atomic E-state index is 11.3. The van der Waals surface area contributed by atoms with Crippen LogP contribution in [0.25, 0.3) is 0 Å². The van der Waals surface area contributed by atoms with Crippen molar-refractivity contribution in [2.24, 2.45) is 0 Å². The smallest absolute Gasteiger partial charge is 0.307 e. The van der Waals surface area contributed by atoms with Crippen molar-refractivity contribution in [2.75, 3.05) is 38.8 Å². The van der Waals surface area contributed by atoms with Gasteiger partial charge in [0, 0.05) is 31.5 Å². The summed E-state index contributed by atoms with van der Waals surface area (Å²) >= 11 is 0. The van der Waals surface area contributed by atoms with Gasteiger partial charge in [-0.3, -0.25) is 9.59 Å². The third kappa shape index (κ3) is 5.01. The fraction of sp³-hybridized carbons (Fsp3) is 0.467. The molecule has 1 rings (SSSR count). The molecular weight excluding hydrogens is 258 g/mol. The van der Waals surface area contributed by atoms with Gasteiger partial charge in [-0.05, 0) is 31.2 Å². The number of ether oxygens (including phenoxy) is 2. The molecule has 0 atom stereocenters. The highest BCUT2D eigenvalue weighted by Gasteiger charge is 2.10. The molecule has 0 unspecified atom stereocenters. The summed E-state index contributed by atoms with van der Waals surface area (Å²) in [5, 5.41) is 0. The average molecular weight is 279 g/mol. The number of benzene rings is 1. The van der Waals surface area contributed by atoms with Gasteiger partial charge in [-0.2, -0.15) is 0 Å². The topological polar surface area (TPSA) is 55.8 Å². The number of hydrogen-bond acceptors (Lipinski definition) is 5. The predicted octanol–water partition coefficient (Wildman–Crippen LogP) is 1.91. The number of nitrogens with zero attached hydrogens (tertiary/aromatic N) is 1. The standard InChI is InChI=1S/C15H21NO4/c1-12(17)13-4-6-14(7-5-13)16(10-11-19-2)9-8-15(18)20-3/h4-7H,8-11H2,1-3H3. The zero-order chi connectivity index (χ0) is 15.0. The summed E-state index contributed by atoms with van der Waals surface area (Å²) in [5.41, 5.74) is 1.63. The Balaban J connectivity index is 2.75. The van der Waals surface area contributed by atoms with Crippen LogP contribution in [-0.2, 0) is 14.3 Å². The summed E-state index contributed by atoms with van der Waals surface area (Å²) in [7, 11) is 3.01. The van der Waals surface area contributed by atoms with Gasteiger partial charge in [0.25, 0.3) is 0 Å². The first-order chi connectivity index (χ1) is 9.58. The van der Waals surface area contributed by atoms with Crippen molar-refractivity contribution in [3.8, 4) is 0 Å². The van der Waals surface area contributed by atoms with E-state index in [0.29, 0.717) is 31.7 Å². The molecule has 1 aromatic carbocycles. The van der Waals surface area contributed by atoms with Crippen LogP contribution in [0.15, 0.2) is 24.3 Å². The summed E-state index contributed by atoms with van der Waals surface area (Å²) < 4.78 is 9.73. The second kappa shape index (κ2) is 8.32. The fourth-order valence-corrected chi connectivity index (χ4v) is 1.81. The molecule has 0 spiro atoms. The molecule has 0 amide bonds. The van der Waals surface area contributed by atoms with E-state index in [4.69, 9.17) is 4.74 Å². The van der Waals surface area contributed by atoms with Crippen LogP contribution in [0.4, 0.5) is 5.69 Å². The van der Waals surface area contributed by atoms with Crippen LogP contribution in [0.1, 0.15) is 23.7 Å². The molecule has 0 radical (unpaired) electrons. The molecule has 0 heterocycles. The number of Topliss-reactive ketones (excluding diaryl/α,β-unsaturated/α-hetero) is 1. The summed E-state index contributed by atoms with van der Waals surface area (Å²) in [4.78, 5) is 24.5. The Kier molecular flexibility index (Phi) is 6.73. The molecule has 0 saturated carbocycles. The third-order valence-corrected chi connectivity index (χ3v) is 3.02. The predicted molar refractivity (Wildman–Crippen MR) is 77.2 cm³/mol. The molecule has 0 aliphatic heterocycles. The number of anilines is 1. The van der Waals surface area contributed by atoms with Crippen molar-refractivity contribution in [1.29, 1.82) is 0 Å². The molecule has 0 N–H and O–H groups in total. The molecule has 1 aromatic rings. The van der Waals surface area contributed by atoms with Crippen molar-refractivity contribution in [3.63, 3.8) is 0 Å². The van der Waals surface area contributed by atoms with Gasteiger partial charge in [-0.15, -0.1) is 0 Å². The summed E-state index contributed by atoms with van der Waals surface area (Å²) in [6, 6.07) is 7.33. The van der Waals surface area contributed by atoms with E-state index in [9.17, 15) is 9.59 Å². The Morgan fingerprint density at radius 2 is 1.75 bits per heavy atom. The molecule has 110 valence electrons. The number of hydrogen-bond donors (Lipinski definition) is 0. The van der Waals surface area contributed by atoms with E-state index in [1.807, 2.05) is 17.0 Å². The van der Waals surface area contributed by atoms with Gasteiger partial charge in [0.1, 0.15) is 0 Å². The largest absolute Gasteiger partial charge is 0.469 e. The second-order valence-corrected chi connectivity index (χ2v) is 4.41. The van der Waals surface area contributed by atoms with E-state index in [-0.39, 0.29) is 11.8 Å². The Morgan fingerprint density at radius 3 is 2.25 bits per heavy atom. The molecule has 0 bridgehead atoms. The molecule has 0 aliphatic rings. The van der Waals surface area contributed by atoms with Crippen LogP contribution in [0.3, 0.4) is 0 Å². The molecule has 0 aromatic heterocycles. The van der Waals surface area contributed by atoms with Crippen LogP contribution < -0.4 is 4.90 Å². The van der Waals surface area contributed by atoms with Crippen LogP contribution in [0.5, 0.6) is 0 Å². The lowest BCUT2D eigenvalue weighted by molar-refractivity contribution is -0.140. The minimum Gasteiger partial charge on any atom is -0.469 e. The van der Waals surface area contributed by atoms with Gasteiger partial charge in [0.15, 0.2) is 5.78 Å². The van der Waals surface area contributed by atoms with E-state index < -0.39 is 0 Å². The zero-order valence-corrected chi connectivity index (χ0v) is 12.2. The molecule has 5 heteroatoms. The monoisotopic (exact) mass is 279 g/mol. The van der Waals surface area contributed by atoms with Gasteiger partial charge >= 0.3 is 5.97 Å². The number of methoxy groups -OCH3 is 2. The molecular formula is C15H21NO4. The number of rotatable bonds is 8. The van der Waals surface area contributed by atoms with E-state index >= 15 is 0 Å². The van der Waals surface area contributed by atoms with E-state index in [1.165, 1.54) is 14.0 Å². The maximum Gasteiger partial charge on any atom is 0.307 e. The van der Waals surface area contributed by atoms with Crippen molar-refractivity contribution < 1.29 is 19.1 Å². The first kappa shape index (κ1) is 16.2. The average Bonchev–Trinajstić information content (AvgIpc) is 2.47. The van der Waals surface area contributed by atoms with Crippen molar-refractivity contribution in [2.45, 2.75) is 13.3 Å². The first-order valence-electron chi connectivity index (χ1n) is 6.50. The fourth-order valence-electron chi connectivity index (χ4n) is 1.81. The van der Waals surface area contributed by atoms with Crippen LogP contribution in [0, 0.1) is 0 Å². The van der Waals surface area contributed by atoms with Crippen molar-refractivity contribution in [1.82, 2.24) is 0 Å². The van der Waals surface area contributed by atoms with E-state index in [1.54, 1.807) is 19.2 Å².